The second-order valence-corrected chi connectivity index (χ2v) is 6.72. The van der Waals surface area contributed by atoms with Crippen LogP contribution in [0.3, 0.4) is 0 Å². The van der Waals surface area contributed by atoms with Gasteiger partial charge in [-0.05, 0) is 39.7 Å². The van der Waals surface area contributed by atoms with Gasteiger partial charge in [-0.1, -0.05) is 36.4 Å². The van der Waals surface area contributed by atoms with E-state index in [0.717, 1.165) is 31.4 Å². The van der Waals surface area contributed by atoms with Crippen LogP contribution in [0.5, 0.6) is 5.75 Å². The lowest BCUT2D eigenvalue weighted by Crippen LogP contribution is -2.01. The Morgan fingerprint density at radius 3 is 2.71 bits per heavy atom. The quantitative estimate of drug-likeness (QED) is 0.682. The minimum absolute atomic E-state index is 0.492. The van der Waals surface area contributed by atoms with Crippen molar-refractivity contribution in [3.05, 3.63) is 62.8 Å². The molecule has 0 fully saturated rings. The molecular formula is C17H15BrO2S. The van der Waals surface area contributed by atoms with Gasteiger partial charge in [-0.2, -0.15) is 0 Å². The van der Waals surface area contributed by atoms with Crippen LogP contribution in [0, 0.1) is 0 Å². The predicted molar refractivity (Wildman–Crippen MR) is 90.9 cm³/mol. The van der Waals surface area contributed by atoms with E-state index in [4.69, 9.17) is 4.74 Å². The van der Waals surface area contributed by atoms with Gasteiger partial charge in [0.15, 0.2) is 0 Å². The van der Waals surface area contributed by atoms with Gasteiger partial charge in [-0.25, -0.2) is 0 Å². The highest BCUT2D eigenvalue weighted by molar-refractivity contribution is 9.10. The lowest BCUT2D eigenvalue weighted by atomic mass is 10.0. The summed E-state index contributed by atoms with van der Waals surface area (Å²) in [6.45, 7) is 2.25. The van der Waals surface area contributed by atoms with Gasteiger partial charge in [0.2, 0.25) is 0 Å². The molecule has 1 aromatic heterocycles. The molecule has 1 N–H and O–H groups in total. The zero-order valence-electron chi connectivity index (χ0n) is 11.5. The third-order valence-corrected chi connectivity index (χ3v) is 5.30. The van der Waals surface area contributed by atoms with E-state index in [-0.39, 0.29) is 0 Å². The minimum atomic E-state index is -0.559. The molecule has 0 amide bonds. The summed E-state index contributed by atoms with van der Waals surface area (Å²) < 4.78 is 7.12. The highest BCUT2D eigenvalue weighted by atomic mass is 79.9. The Balaban J connectivity index is 2.02. The van der Waals surface area contributed by atoms with Crippen molar-refractivity contribution in [1.82, 2.24) is 0 Å². The molecule has 0 unspecified atom stereocenters. The number of rotatable bonds is 4. The van der Waals surface area contributed by atoms with Gasteiger partial charge in [0.1, 0.15) is 12.4 Å². The van der Waals surface area contributed by atoms with E-state index in [0.29, 0.717) is 6.61 Å². The SMILES string of the molecule is C[C@@H](O)c1ccc2ccccc2c1OCc1sccc1Br. The number of hydrogen-bond donors (Lipinski definition) is 1. The van der Waals surface area contributed by atoms with Gasteiger partial charge in [0, 0.05) is 15.4 Å². The summed E-state index contributed by atoms with van der Waals surface area (Å²) >= 11 is 5.17. The van der Waals surface area contributed by atoms with Gasteiger partial charge in [-0.3, -0.25) is 0 Å². The molecule has 0 aliphatic rings. The fourth-order valence-electron chi connectivity index (χ4n) is 2.32. The Labute approximate surface area is 136 Å². The monoisotopic (exact) mass is 362 g/mol. The highest BCUT2D eigenvalue weighted by Crippen LogP contribution is 2.35. The zero-order chi connectivity index (χ0) is 14.8. The summed E-state index contributed by atoms with van der Waals surface area (Å²) in [4.78, 5) is 1.14. The molecule has 21 heavy (non-hydrogen) atoms. The van der Waals surface area contributed by atoms with Gasteiger partial charge in [-0.15, -0.1) is 11.3 Å². The minimum Gasteiger partial charge on any atom is -0.487 e. The normalized spacial score (nSPS) is 12.5. The van der Waals surface area contributed by atoms with Gasteiger partial charge < -0.3 is 9.84 Å². The average Bonchev–Trinajstić information content (AvgIpc) is 2.89. The van der Waals surface area contributed by atoms with Gasteiger partial charge in [0.25, 0.3) is 0 Å². The Morgan fingerprint density at radius 2 is 2.00 bits per heavy atom. The zero-order valence-corrected chi connectivity index (χ0v) is 13.9. The van der Waals surface area contributed by atoms with E-state index in [1.807, 2.05) is 41.8 Å². The number of hydrogen-bond acceptors (Lipinski definition) is 3. The number of halogens is 1. The number of thiophene rings is 1. The maximum absolute atomic E-state index is 9.99. The Morgan fingerprint density at radius 1 is 1.19 bits per heavy atom. The lowest BCUT2D eigenvalue weighted by Gasteiger charge is -2.16. The molecular weight excluding hydrogens is 348 g/mol. The van der Waals surface area contributed by atoms with Crippen LogP contribution in [0.1, 0.15) is 23.5 Å². The topological polar surface area (TPSA) is 29.5 Å². The smallest absolute Gasteiger partial charge is 0.133 e. The summed E-state index contributed by atoms with van der Waals surface area (Å²) in [5, 5.41) is 14.2. The molecule has 0 radical (unpaired) electrons. The van der Waals surface area contributed by atoms with Crippen molar-refractivity contribution in [3.63, 3.8) is 0 Å². The fourth-order valence-corrected chi connectivity index (χ4v) is 3.69. The van der Waals surface area contributed by atoms with Crippen molar-refractivity contribution in [2.45, 2.75) is 19.6 Å². The van der Waals surface area contributed by atoms with Crippen molar-refractivity contribution in [1.29, 1.82) is 0 Å². The number of fused-ring (bicyclic) bond motifs is 1. The number of aliphatic hydroxyl groups excluding tert-OH is 1. The summed E-state index contributed by atoms with van der Waals surface area (Å²) in [5.74, 6) is 0.767. The Kier molecular flexibility index (Phi) is 4.29. The first-order valence-electron chi connectivity index (χ1n) is 6.71. The van der Waals surface area contributed by atoms with Crippen molar-refractivity contribution >= 4 is 38.0 Å². The van der Waals surface area contributed by atoms with E-state index in [1.54, 1.807) is 18.3 Å². The highest BCUT2D eigenvalue weighted by Gasteiger charge is 2.14. The van der Waals surface area contributed by atoms with E-state index >= 15 is 0 Å². The van der Waals surface area contributed by atoms with Crippen LogP contribution >= 0.6 is 27.3 Å². The molecule has 0 bridgehead atoms. The summed E-state index contributed by atoms with van der Waals surface area (Å²) in [7, 11) is 0. The second kappa shape index (κ2) is 6.18. The van der Waals surface area contributed by atoms with Gasteiger partial charge in [0.05, 0.1) is 11.0 Å². The van der Waals surface area contributed by atoms with Crippen LogP contribution in [0.15, 0.2) is 52.3 Å². The molecule has 2 aromatic carbocycles. The lowest BCUT2D eigenvalue weighted by molar-refractivity contribution is 0.191. The maximum Gasteiger partial charge on any atom is 0.133 e. The second-order valence-electron chi connectivity index (χ2n) is 4.86. The fraction of sp³-hybridized carbons (Fsp3) is 0.176. The first-order chi connectivity index (χ1) is 10.2. The number of ether oxygens (including phenoxy) is 1. The van der Waals surface area contributed by atoms with Crippen molar-refractivity contribution in [2.24, 2.45) is 0 Å². The first-order valence-corrected chi connectivity index (χ1v) is 8.38. The van der Waals surface area contributed by atoms with Crippen LogP contribution in [-0.2, 0) is 6.61 Å². The summed E-state index contributed by atoms with van der Waals surface area (Å²) in [5.41, 5.74) is 0.821. The van der Waals surface area contributed by atoms with Crippen LogP contribution in [0.2, 0.25) is 0 Å². The average molecular weight is 363 g/mol. The molecule has 1 heterocycles. The van der Waals surface area contributed by atoms with E-state index in [9.17, 15) is 5.11 Å². The molecule has 3 rings (SSSR count). The van der Waals surface area contributed by atoms with Crippen LogP contribution in [0.4, 0.5) is 0 Å². The molecule has 4 heteroatoms. The molecule has 0 aliphatic carbocycles. The molecule has 3 aromatic rings. The predicted octanol–water partition coefficient (Wildman–Crippen LogP) is 5.30. The van der Waals surface area contributed by atoms with Crippen molar-refractivity contribution < 1.29 is 9.84 Å². The molecule has 0 saturated heterocycles. The molecule has 0 saturated carbocycles. The third kappa shape index (κ3) is 2.98. The summed E-state index contributed by atoms with van der Waals surface area (Å²) in [6.07, 6.45) is -0.559. The standard InChI is InChI=1S/C17H15BrO2S/c1-11(19)13-7-6-12-4-2-3-5-14(12)17(13)20-10-16-15(18)8-9-21-16/h2-9,11,19H,10H2,1H3/t11-/m1/s1. The molecule has 2 nitrogen and oxygen atoms in total. The Bertz CT molecular complexity index is 764. The van der Waals surface area contributed by atoms with E-state index in [2.05, 4.69) is 22.0 Å². The van der Waals surface area contributed by atoms with Crippen LogP contribution < -0.4 is 4.74 Å². The summed E-state index contributed by atoms with van der Waals surface area (Å²) in [6, 6.07) is 14.0. The molecule has 0 spiro atoms. The molecule has 1 atom stereocenters. The van der Waals surface area contributed by atoms with Crippen molar-refractivity contribution in [3.8, 4) is 5.75 Å². The number of benzene rings is 2. The number of aliphatic hydroxyl groups is 1. The molecule has 108 valence electrons. The first kappa shape index (κ1) is 14.6. The van der Waals surface area contributed by atoms with E-state index < -0.39 is 6.10 Å². The molecule has 0 aliphatic heterocycles. The van der Waals surface area contributed by atoms with Crippen LogP contribution in [0.25, 0.3) is 10.8 Å². The van der Waals surface area contributed by atoms with E-state index in [1.165, 1.54) is 0 Å². The van der Waals surface area contributed by atoms with Gasteiger partial charge >= 0.3 is 0 Å². The third-order valence-electron chi connectivity index (χ3n) is 3.40. The maximum atomic E-state index is 9.99. The van der Waals surface area contributed by atoms with Crippen molar-refractivity contribution in [2.75, 3.05) is 0 Å². The van der Waals surface area contributed by atoms with Crippen LogP contribution in [-0.4, -0.2) is 5.11 Å². The largest absolute Gasteiger partial charge is 0.487 e. The Hall–Kier alpha value is -1.36.